The Labute approximate surface area is 407 Å². The van der Waals surface area contributed by atoms with Crippen molar-refractivity contribution in [1.82, 2.24) is 0 Å². The minimum atomic E-state index is -4.29. The minimum absolute atomic E-state index is 0.0970. The highest BCUT2D eigenvalue weighted by molar-refractivity contribution is 7.47. The Balaban J connectivity index is 3.93. The van der Waals surface area contributed by atoms with Crippen LogP contribution < -0.4 is 5.73 Å². The summed E-state index contributed by atoms with van der Waals surface area (Å²) in [6.45, 7) is 4.82. The van der Waals surface area contributed by atoms with E-state index in [2.05, 4.69) is 86.8 Å². The minimum Gasteiger partial charge on any atom is -0.457 e. The van der Waals surface area contributed by atoms with Crippen LogP contribution in [0.25, 0.3) is 0 Å². The lowest BCUT2D eigenvalue weighted by Gasteiger charge is -2.20. The monoisotopic (exact) mass is 946 g/mol. The van der Waals surface area contributed by atoms with Crippen LogP contribution in [0.4, 0.5) is 0 Å². The molecule has 66 heavy (non-hydrogen) atoms. The molecule has 0 bridgehead atoms. The molecule has 8 nitrogen and oxygen atoms in total. The zero-order valence-electron chi connectivity index (χ0n) is 42.9. The molecular formula is C57H104NO7P. The van der Waals surface area contributed by atoms with E-state index in [1.807, 2.05) is 0 Å². The maximum absolute atomic E-state index is 12.7. The van der Waals surface area contributed by atoms with Gasteiger partial charge in [-0.1, -0.05) is 228 Å². The Bertz CT molecular complexity index is 1250. The van der Waals surface area contributed by atoms with E-state index in [4.69, 9.17) is 24.3 Å². The summed E-state index contributed by atoms with van der Waals surface area (Å²) in [6, 6.07) is 0. The van der Waals surface area contributed by atoms with Gasteiger partial charge >= 0.3 is 13.8 Å². The third kappa shape index (κ3) is 52.9. The lowest BCUT2D eigenvalue weighted by Crippen LogP contribution is -2.28. The van der Waals surface area contributed by atoms with Gasteiger partial charge in [0.15, 0.2) is 0 Å². The first kappa shape index (κ1) is 63.9. The lowest BCUT2D eigenvalue weighted by atomic mass is 10.1. The molecule has 384 valence electrons. The van der Waals surface area contributed by atoms with E-state index in [0.29, 0.717) is 13.0 Å². The summed E-state index contributed by atoms with van der Waals surface area (Å²) in [5, 5.41) is 0. The van der Waals surface area contributed by atoms with Crippen molar-refractivity contribution in [3.05, 3.63) is 72.9 Å². The van der Waals surface area contributed by atoms with E-state index >= 15 is 0 Å². The Morgan fingerprint density at radius 2 is 0.848 bits per heavy atom. The number of unbranched alkanes of at least 4 members (excludes halogenated alkanes) is 27. The molecule has 0 saturated heterocycles. The molecule has 0 spiro atoms. The number of phosphoric acid groups is 1. The zero-order chi connectivity index (χ0) is 48.0. The number of carbonyl (C=O) groups is 1. The lowest BCUT2D eigenvalue weighted by molar-refractivity contribution is -0.154. The molecule has 0 aromatic carbocycles. The highest BCUT2D eigenvalue weighted by atomic mass is 31.2. The van der Waals surface area contributed by atoms with Crippen molar-refractivity contribution in [3.63, 3.8) is 0 Å². The van der Waals surface area contributed by atoms with Crippen LogP contribution in [0.15, 0.2) is 72.9 Å². The molecule has 2 unspecified atom stereocenters. The van der Waals surface area contributed by atoms with Gasteiger partial charge in [-0.15, -0.1) is 0 Å². The van der Waals surface area contributed by atoms with E-state index in [1.165, 1.54) is 161 Å². The summed E-state index contributed by atoms with van der Waals surface area (Å²) < 4.78 is 33.7. The summed E-state index contributed by atoms with van der Waals surface area (Å²) in [5.74, 6) is -0.333. The average Bonchev–Trinajstić information content (AvgIpc) is 3.31. The standard InChI is InChI=1S/C57H104NO7P/c1-3-5-7-9-11-13-15-17-19-21-23-25-26-27-28-29-31-33-35-37-39-41-43-45-47-49-52-62-54-56(55-64-66(60,61)63-53-51-58)65-57(59)50-48-46-44-42-40-38-36-34-32-30-24-22-20-18-16-14-12-10-8-6-4-2/h5,7,11,13,17,19,22-25,27-28,56H,3-4,6,8-10,12,14-16,18,20-21,26,29-55,58H2,1-2H3,(H,60,61)/b7-5-,13-11-,19-17-,24-22-,25-23-,28-27-. The normalized spacial score (nSPS) is 13.8. The fourth-order valence-corrected chi connectivity index (χ4v) is 8.37. The van der Waals surface area contributed by atoms with Crippen LogP contribution in [0.5, 0.6) is 0 Å². The average molecular weight is 946 g/mol. The Hall–Kier alpha value is -2.06. The highest BCUT2D eigenvalue weighted by Gasteiger charge is 2.25. The van der Waals surface area contributed by atoms with E-state index in [0.717, 1.165) is 64.2 Å². The number of hydrogen-bond acceptors (Lipinski definition) is 7. The van der Waals surface area contributed by atoms with Crippen LogP contribution >= 0.6 is 7.82 Å². The molecule has 0 radical (unpaired) electrons. The number of phosphoric ester groups is 1. The molecule has 0 aromatic heterocycles. The van der Waals surface area contributed by atoms with E-state index in [9.17, 15) is 14.3 Å². The molecule has 0 amide bonds. The molecule has 9 heteroatoms. The van der Waals surface area contributed by atoms with Crippen LogP contribution in [-0.2, 0) is 27.9 Å². The third-order valence-electron chi connectivity index (χ3n) is 11.6. The number of allylic oxidation sites excluding steroid dienone is 12. The Morgan fingerprint density at radius 3 is 1.29 bits per heavy atom. The van der Waals surface area contributed by atoms with E-state index < -0.39 is 13.9 Å². The van der Waals surface area contributed by atoms with Gasteiger partial charge in [-0.25, -0.2) is 4.57 Å². The van der Waals surface area contributed by atoms with Crippen molar-refractivity contribution in [1.29, 1.82) is 0 Å². The molecule has 0 aromatic rings. The smallest absolute Gasteiger partial charge is 0.457 e. The Morgan fingerprint density at radius 1 is 0.470 bits per heavy atom. The predicted octanol–water partition coefficient (Wildman–Crippen LogP) is 17.4. The van der Waals surface area contributed by atoms with Gasteiger partial charge < -0.3 is 20.1 Å². The molecule has 3 N–H and O–H groups in total. The van der Waals surface area contributed by atoms with Crippen molar-refractivity contribution in [2.75, 3.05) is 33.0 Å². The van der Waals surface area contributed by atoms with Gasteiger partial charge in [-0.2, -0.15) is 0 Å². The molecule has 0 aliphatic carbocycles. The van der Waals surface area contributed by atoms with Gasteiger partial charge in [0, 0.05) is 19.6 Å². The second-order valence-corrected chi connectivity index (χ2v) is 19.5. The maximum Gasteiger partial charge on any atom is 0.472 e. The van der Waals surface area contributed by atoms with Gasteiger partial charge in [0.2, 0.25) is 0 Å². The third-order valence-corrected chi connectivity index (χ3v) is 12.6. The van der Waals surface area contributed by atoms with Gasteiger partial charge in [0.05, 0.1) is 19.8 Å². The second-order valence-electron chi connectivity index (χ2n) is 18.1. The molecule has 2 atom stereocenters. The summed E-state index contributed by atoms with van der Waals surface area (Å²) in [6.07, 6.45) is 69.4. The number of esters is 1. The van der Waals surface area contributed by atoms with Crippen LogP contribution in [0.3, 0.4) is 0 Å². The largest absolute Gasteiger partial charge is 0.472 e. The van der Waals surface area contributed by atoms with Gasteiger partial charge in [-0.3, -0.25) is 13.8 Å². The first-order valence-electron chi connectivity index (χ1n) is 27.4. The van der Waals surface area contributed by atoms with Crippen molar-refractivity contribution in [2.45, 2.75) is 251 Å². The van der Waals surface area contributed by atoms with Crippen LogP contribution in [-0.4, -0.2) is 49.9 Å². The summed E-state index contributed by atoms with van der Waals surface area (Å²) >= 11 is 0. The fraction of sp³-hybridized carbons (Fsp3) is 0.772. The topological polar surface area (TPSA) is 117 Å². The van der Waals surface area contributed by atoms with Crippen molar-refractivity contribution in [3.8, 4) is 0 Å². The first-order valence-corrected chi connectivity index (χ1v) is 28.9. The number of rotatable bonds is 52. The highest BCUT2D eigenvalue weighted by Crippen LogP contribution is 2.43. The quantitative estimate of drug-likeness (QED) is 0.0268. The van der Waals surface area contributed by atoms with Crippen molar-refractivity contribution >= 4 is 13.8 Å². The number of hydrogen-bond donors (Lipinski definition) is 2. The van der Waals surface area contributed by atoms with Crippen LogP contribution in [0, 0.1) is 0 Å². The predicted molar refractivity (Wildman–Crippen MR) is 284 cm³/mol. The molecular weight excluding hydrogens is 842 g/mol. The molecule has 0 rings (SSSR count). The summed E-state index contributed by atoms with van der Waals surface area (Å²) in [4.78, 5) is 22.6. The number of nitrogens with two attached hydrogens (primary N) is 1. The van der Waals surface area contributed by atoms with Crippen molar-refractivity contribution in [2.24, 2.45) is 5.73 Å². The maximum atomic E-state index is 12.7. The number of ether oxygens (including phenoxy) is 2. The summed E-state index contributed by atoms with van der Waals surface area (Å²) in [5.41, 5.74) is 5.40. The molecule has 0 fully saturated rings. The second kappa shape index (κ2) is 53.9. The fourth-order valence-electron chi connectivity index (χ4n) is 7.61. The zero-order valence-corrected chi connectivity index (χ0v) is 43.8. The molecule has 0 saturated carbocycles. The van der Waals surface area contributed by atoms with Crippen LogP contribution in [0.2, 0.25) is 0 Å². The number of carbonyl (C=O) groups excluding carboxylic acids is 1. The summed E-state index contributed by atoms with van der Waals surface area (Å²) in [7, 11) is -4.29. The van der Waals surface area contributed by atoms with E-state index in [-0.39, 0.29) is 32.3 Å². The Kier molecular flexibility index (Phi) is 52.2. The van der Waals surface area contributed by atoms with E-state index in [1.54, 1.807) is 0 Å². The van der Waals surface area contributed by atoms with Gasteiger partial charge in [-0.05, 0) is 83.5 Å². The van der Waals surface area contributed by atoms with Crippen LogP contribution in [0.1, 0.15) is 245 Å². The molecule has 0 heterocycles. The molecule has 0 aliphatic heterocycles. The first-order chi connectivity index (χ1) is 32.4. The van der Waals surface area contributed by atoms with Gasteiger partial charge in [0.1, 0.15) is 6.10 Å². The SMILES string of the molecule is CC/C=C\C/C=C\C/C=C\C/C=C\C/C=C\CCCCCCCCCCCCOCC(COP(=O)(O)OCCN)OC(=O)CCCCCCCCCCC/C=C\CCCCCCCCCC. The van der Waals surface area contributed by atoms with Crippen molar-refractivity contribution < 1.29 is 32.8 Å². The molecule has 0 aliphatic rings. The van der Waals surface area contributed by atoms with Gasteiger partial charge in [0.25, 0.3) is 0 Å².